The lowest BCUT2D eigenvalue weighted by Gasteiger charge is -2.12. The van der Waals surface area contributed by atoms with Crippen molar-refractivity contribution in [1.82, 2.24) is 19.7 Å². The average Bonchev–Trinajstić information content (AvgIpc) is 3.36. The van der Waals surface area contributed by atoms with E-state index in [0.29, 0.717) is 18.0 Å². The van der Waals surface area contributed by atoms with Crippen LogP contribution in [0, 0.1) is 32.1 Å². The number of nitrogens with zero attached hydrogens (tertiary/aromatic N) is 6. The first-order valence-electron chi connectivity index (χ1n) is 11.6. The zero-order chi connectivity index (χ0) is 25.4. The van der Waals surface area contributed by atoms with E-state index in [4.69, 9.17) is 15.0 Å². The molecular formula is C27H24N6O2S. The van der Waals surface area contributed by atoms with Crippen molar-refractivity contribution >= 4 is 23.0 Å². The standard InChI is InChI=1S/C27H24N6O2S/c1-5-35-23(34)12-22-26-32-31-17(4)33(26)27-24(15(2)16(3)36-27)25(30-22)20-9-7-19(8-10-20)21-11-6-18(13-28)14-29-21/h6-11,14,22H,5,12H2,1-4H3/t22-/m0/s1. The van der Waals surface area contributed by atoms with Crippen molar-refractivity contribution in [1.29, 1.82) is 5.26 Å². The second-order valence-corrected chi connectivity index (χ2v) is 9.73. The zero-order valence-corrected chi connectivity index (χ0v) is 21.3. The smallest absolute Gasteiger partial charge is 0.308 e. The van der Waals surface area contributed by atoms with Gasteiger partial charge in [0, 0.05) is 27.8 Å². The van der Waals surface area contributed by atoms with Crippen LogP contribution in [0.1, 0.15) is 58.2 Å². The molecule has 0 N–H and O–H groups in total. The van der Waals surface area contributed by atoms with E-state index in [9.17, 15) is 4.79 Å². The molecule has 36 heavy (non-hydrogen) atoms. The second kappa shape index (κ2) is 9.47. The minimum atomic E-state index is -0.528. The van der Waals surface area contributed by atoms with Crippen LogP contribution in [0.4, 0.5) is 0 Å². The van der Waals surface area contributed by atoms with Crippen molar-refractivity contribution in [3.8, 4) is 22.3 Å². The van der Waals surface area contributed by atoms with Crippen LogP contribution in [-0.4, -0.2) is 38.0 Å². The molecular weight excluding hydrogens is 472 g/mol. The van der Waals surface area contributed by atoms with Gasteiger partial charge in [-0.15, -0.1) is 21.5 Å². The Balaban J connectivity index is 1.63. The van der Waals surface area contributed by atoms with Gasteiger partial charge in [-0.3, -0.25) is 19.3 Å². The lowest BCUT2D eigenvalue weighted by atomic mass is 9.98. The van der Waals surface area contributed by atoms with Gasteiger partial charge in [0.25, 0.3) is 0 Å². The Bertz CT molecular complexity index is 1520. The second-order valence-electron chi connectivity index (χ2n) is 8.53. The fourth-order valence-electron chi connectivity index (χ4n) is 4.33. The lowest BCUT2D eigenvalue weighted by molar-refractivity contribution is -0.143. The molecule has 0 saturated heterocycles. The van der Waals surface area contributed by atoms with Gasteiger partial charge in [0.2, 0.25) is 0 Å². The van der Waals surface area contributed by atoms with E-state index in [1.54, 1.807) is 30.5 Å². The number of carbonyl (C=O) groups excluding carboxylic acids is 1. The molecule has 180 valence electrons. The number of pyridine rings is 1. The summed E-state index contributed by atoms with van der Waals surface area (Å²) in [6.45, 7) is 8.21. The molecule has 0 bridgehead atoms. The van der Waals surface area contributed by atoms with Gasteiger partial charge < -0.3 is 4.74 Å². The van der Waals surface area contributed by atoms with Crippen LogP contribution >= 0.6 is 11.3 Å². The highest BCUT2D eigenvalue weighted by Gasteiger charge is 2.32. The predicted molar refractivity (Wildman–Crippen MR) is 137 cm³/mol. The number of hydrogen-bond acceptors (Lipinski definition) is 8. The van der Waals surface area contributed by atoms with E-state index in [-0.39, 0.29) is 12.4 Å². The summed E-state index contributed by atoms with van der Waals surface area (Å²) in [5.41, 5.74) is 6.15. The van der Waals surface area contributed by atoms with Gasteiger partial charge in [-0.05, 0) is 45.4 Å². The number of rotatable bonds is 5. The van der Waals surface area contributed by atoms with Gasteiger partial charge in [0.05, 0.1) is 30.0 Å². The molecule has 0 aliphatic carbocycles. The van der Waals surface area contributed by atoms with Gasteiger partial charge in [-0.25, -0.2) is 0 Å². The molecule has 4 heterocycles. The molecule has 5 rings (SSSR count). The maximum absolute atomic E-state index is 12.5. The van der Waals surface area contributed by atoms with Gasteiger partial charge in [-0.2, -0.15) is 5.26 Å². The molecule has 0 saturated carbocycles. The highest BCUT2D eigenvalue weighted by atomic mass is 32.1. The number of hydrogen-bond donors (Lipinski definition) is 0. The summed E-state index contributed by atoms with van der Waals surface area (Å²) >= 11 is 1.67. The van der Waals surface area contributed by atoms with E-state index >= 15 is 0 Å². The number of nitriles is 1. The summed E-state index contributed by atoms with van der Waals surface area (Å²) in [5.74, 6) is 1.06. The molecule has 1 aromatic carbocycles. The molecule has 4 aromatic rings. The van der Waals surface area contributed by atoms with Gasteiger partial charge in [0.15, 0.2) is 5.82 Å². The summed E-state index contributed by atoms with van der Waals surface area (Å²) in [7, 11) is 0. The summed E-state index contributed by atoms with van der Waals surface area (Å²) in [6, 6.07) is 13.2. The number of thiophene rings is 1. The first kappa shape index (κ1) is 23.6. The highest BCUT2D eigenvalue weighted by molar-refractivity contribution is 7.15. The topological polar surface area (TPSA) is 106 Å². The van der Waals surface area contributed by atoms with Crippen LogP contribution in [0.5, 0.6) is 0 Å². The Morgan fingerprint density at radius 2 is 1.86 bits per heavy atom. The Hall–Kier alpha value is -4.16. The number of carbonyl (C=O) groups is 1. The van der Waals surface area contributed by atoms with Crippen molar-refractivity contribution in [2.75, 3.05) is 6.61 Å². The molecule has 0 radical (unpaired) electrons. The molecule has 3 aromatic heterocycles. The molecule has 1 atom stereocenters. The Morgan fingerprint density at radius 3 is 2.53 bits per heavy atom. The average molecular weight is 497 g/mol. The number of aliphatic imine (C=N–C) groups is 1. The van der Waals surface area contributed by atoms with Crippen LogP contribution in [-0.2, 0) is 9.53 Å². The molecule has 0 spiro atoms. The first-order valence-corrected chi connectivity index (χ1v) is 12.5. The molecule has 0 amide bonds. The van der Waals surface area contributed by atoms with E-state index < -0.39 is 6.04 Å². The number of benzene rings is 1. The predicted octanol–water partition coefficient (Wildman–Crippen LogP) is 5.03. The summed E-state index contributed by atoms with van der Waals surface area (Å²) in [4.78, 5) is 23.2. The molecule has 0 fully saturated rings. The summed E-state index contributed by atoms with van der Waals surface area (Å²) < 4.78 is 7.26. The summed E-state index contributed by atoms with van der Waals surface area (Å²) in [6.07, 6.45) is 1.65. The molecule has 8 nitrogen and oxygen atoms in total. The first-order chi connectivity index (χ1) is 17.4. The molecule has 1 aliphatic heterocycles. The maximum Gasteiger partial charge on any atom is 0.308 e. The minimum Gasteiger partial charge on any atom is -0.466 e. The van der Waals surface area contributed by atoms with Crippen molar-refractivity contribution in [3.63, 3.8) is 0 Å². The van der Waals surface area contributed by atoms with E-state index in [0.717, 1.165) is 44.5 Å². The molecule has 0 unspecified atom stereocenters. The SMILES string of the molecule is CCOC(=O)C[C@@H]1N=C(c2ccc(-c3ccc(C#N)cn3)cc2)c2c(sc(C)c2C)-n2c(C)nnc21. The fraction of sp³-hybridized carbons (Fsp3) is 0.259. The van der Waals surface area contributed by atoms with E-state index in [1.165, 1.54) is 4.88 Å². The van der Waals surface area contributed by atoms with Gasteiger partial charge >= 0.3 is 5.97 Å². The third kappa shape index (κ3) is 4.10. The van der Waals surface area contributed by atoms with Gasteiger partial charge in [-0.1, -0.05) is 24.3 Å². The van der Waals surface area contributed by atoms with E-state index in [1.807, 2.05) is 41.8 Å². The zero-order valence-electron chi connectivity index (χ0n) is 20.4. The molecule has 9 heteroatoms. The third-order valence-corrected chi connectivity index (χ3v) is 7.44. The van der Waals surface area contributed by atoms with Crippen LogP contribution < -0.4 is 0 Å². The van der Waals surface area contributed by atoms with Crippen LogP contribution in [0.3, 0.4) is 0 Å². The Morgan fingerprint density at radius 1 is 1.11 bits per heavy atom. The number of aryl methyl sites for hydroxylation is 2. The van der Waals surface area contributed by atoms with Crippen molar-refractivity contribution < 1.29 is 9.53 Å². The largest absolute Gasteiger partial charge is 0.466 e. The monoisotopic (exact) mass is 496 g/mol. The third-order valence-electron chi connectivity index (χ3n) is 6.25. The van der Waals surface area contributed by atoms with Crippen molar-refractivity contribution in [2.45, 2.75) is 40.2 Å². The number of ether oxygens (including phenoxy) is 1. The Kier molecular flexibility index (Phi) is 6.20. The van der Waals surface area contributed by atoms with Crippen LogP contribution in [0.15, 0.2) is 47.6 Å². The van der Waals surface area contributed by atoms with E-state index in [2.05, 4.69) is 35.1 Å². The van der Waals surface area contributed by atoms with Crippen molar-refractivity contribution in [2.24, 2.45) is 4.99 Å². The quantitative estimate of drug-likeness (QED) is 0.359. The molecule has 1 aliphatic rings. The number of esters is 1. The highest BCUT2D eigenvalue weighted by Crippen LogP contribution is 2.39. The lowest BCUT2D eigenvalue weighted by Crippen LogP contribution is -2.13. The van der Waals surface area contributed by atoms with Crippen LogP contribution in [0.25, 0.3) is 16.3 Å². The summed E-state index contributed by atoms with van der Waals surface area (Å²) in [5, 5.41) is 18.8. The number of fused-ring (bicyclic) bond motifs is 3. The van der Waals surface area contributed by atoms with Crippen LogP contribution in [0.2, 0.25) is 0 Å². The normalized spacial score (nSPS) is 14.3. The number of aromatic nitrogens is 4. The fourth-order valence-corrected chi connectivity index (χ4v) is 5.55. The van der Waals surface area contributed by atoms with Gasteiger partial charge in [0.1, 0.15) is 22.9 Å². The minimum absolute atomic E-state index is 0.0791. The van der Waals surface area contributed by atoms with Crippen molar-refractivity contribution in [3.05, 3.63) is 81.4 Å². The maximum atomic E-state index is 12.5. The Labute approximate surface area is 212 Å².